The minimum absolute atomic E-state index is 0. The second-order valence-electron chi connectivity index (χ2n) is 0.795. The molecule has 0 aromatic carbocycles. The van der Waals surface area contributed by atoms with Crippen molar-refractivity contribution in [3.8, 4) is 6.07 Å². The van der Waals surface area contributed by atoms with Crippen molar-refractivity contribution >= 4 is 0 Å². The van der Waals surface area contributed by atoms with Gasteiger partial charge >= 0.3 is 0 Å². The van der Waals surface area contributed by atoms with Crippen molar-refractivity contribution in [1.82, 2.24) is 0 Å². The maximum absolute atomic E-state index is 7.73. The fourth-order valence-corrected chi connectivity index (χ4v) is 0. The monoisotopic (exact) mass is 155 g/mol. The Morgan fingerprint density at radius 2 is 2.00 bits per heavy atom. The Balaban J connectivity index is 0. The van der Waals surface area contributed by atoms with Crippen molar-refractivity contribution in [2.45, 2.75) is 6.92 Å². The second-order valence-corrected chi connectivity index (χ2v) is 0.795. The van der Waals surface area contributed by atoms with Crippen LogP contribution in [0, 0.1) is 17.9 Å². The molecule has 0 fully saturated rings. The zero-order valence-electron chi connectivity index (χ0n) is 3.60. The van der Waals surface area contributed by atoms with Crippen LogP contribution >= 0.6 is 0 Å². The van der Waals surface area contributed by atoms with Gasteiger partial charge in [-0.05, 0) is 0 Å². The molecule has 0 atom stereocenters. The quantitative estimate of drug-likeness (QED) is 0.376. The van der Waals surface area contributed by atoms with Gasteiger partial charge in [0.1, 0.15) is 0 Å². The molecule has 29 valence electrons. The molecule has 0 spiro atoms. The first-order valence-electron chi connectivity index (χ1n) is 1.26. The summed E-state index contributed by atoms with van der Waals surface area (Å²) >= 11 is 0. The third-order valence-corrected chi connectivity index (χ3v) is 0.176. The van der Waals surface area contributed by atoms with E-state index >= 15 is 0 Å². The molecule has 1 nitrogen and oxygen atoms in total. The van der Waals surface area contributed by atoms with Crippen LogP contribution in [0.5, 0.6) is 0 Å². The van der Waals surface area contributed by atoms with Crippen LogP contribution in [0.15, 0.2) is 5.57 Å². The summed E-state index contributed by atoms with van der Waals surface area (Å²) in [6.45, 7) is 6.40. The van der Waals surface area contributed by atoms with Crippen LogP contribution in [0.1, 0.15) is 6.92 Å². The van der Waals surface area contributed by atoms with E-state index in [1.54, 1.807) is 13.0 Å². The van der Waals surface area contributed by atoms with Crippen LogP contribution in [0.4, 0.5) is 0 Å². The van der Waals surface area contributed by atoms with Gasteiger partial charge in [0.2, 0.25) is 0 Å². The molecule has 1 radical (unpaired) electrons. The normalized spacial score (nSPS) is 4.67. The number of hydrogen-bond acceptors (Lipinski definition) is 1. The third-order valence-electron chi connectivity index (χ3n) is 0.176. The maximum atomic E-state index is 7.73. The van der Waals surface area contributed by atoms with E-state index in [1.165, 1.54) is 0 Å². The average molecular weight is 155 g/mol. The van der Waals surface area contributed by atoms with Gasteiger partial charge in [0.15, 0.2) is 0 Å². The van der Waals surface area contributed by atoms with E-state index in [0.717, 1.165) is 0 Å². The number of rotatable bonds is 0. The van der Waals surface area contributed by atoms with E-state index in [4.69, 9.17) is 11.8 Å². The first-order valence-corrected chi connectivity index (χ1v) is 1.26. The Labute approximate surface area is 62.9 Å². The van der Waals surface area contributed by atoms with Crippen LogP contribution in [-0.2, 0) is 32.7 Å². The Morgan fingerprint density at radius 1 is 1.83 bits per heavy atom. The van der Waals surface area contributed by atoms with Gasteiger partial charge in [0.25, 0.3) is 0 Å². The number of nitriles is 1. The predicted molar refractivity (Wildman–Crippen MR) is 19.1 cm³/mol. The SMILES string of the molecule is [CH-]=C(C)C#N.[Y]. The average Bonchev–Trinajstić information content (AvgIpc) is 1.38. The maximum Gasteiger partial charge on any atom is 0 e. The molecule has 0 saturated heterocycles. The van der Waals surface area contributed by atoms with Crippen molar-refractivity contribution in [2.75, 3.05) is 0 Å². The zero-order valence-corrected chi connectivity index (χ0v) is 6.44. The third kappa shape index (κ3) is 8.84. The molecule has 0 aliphatic rings. The first kappa shape index (κ1) is 9.59. The van der Waals surface area contributed by atoms with Gasteiger partial charge in [-0.1, -0.05) is 6.92 Å². The first-order chi connectivity index (χ1) is 2.27. The zero-order chi connectivity index (χ0) is 4.28. The fourth-order valence-electron chi connectivity index (χ4n) is 0. The van der Waals surface area contributed by atoms with Crippen molar-refractivity contribution in [1.29, 1.82) is 5.26 Å². The summed E-state index contributed by atoms with van der Waals surface area (Å²) in [5.74, 6) is 0. The molecule has 0 unspecified atom stereocenters. The number of nitrogens with zero attached hydrogens (tertiary/aromatic N) is 1. The van der Waals surface area contributed by atoms with E-state index in [9.17, 15) is 0 Å². The predicted octanol–water partition coefficient (Wildman–Crippen LogP) is 0.887. The molecular weight excluding hydrogens is 151 g/mol. The van der Waals surface area contributed by atoms with Gasteiger partial charge in [-0.25, -0.2) is 0 Å². The van der Waals surface area contributed by atoms with Gasteiger partial charge in [-0.15, -0.1) is 6.07 Å². The minimum atomic E-state index is 0. The summed E-state index contributed by atoms with van der Waals surface area (Å²) in [6.07, 6.45) is 0. The van der Waals surface area contributed by atoms with E-state index in [1.807, 2.05) is 0 Å². The van der Waals surface area contributed by atoms with E-state index in [2.05, 4.69) is 0 Å². The molecule has 0 amide bonds. The molecule has 0 saturated carbocycles. The molecule has 6 heavy (non-hydrogen) atoms. The van der Waals surface area contributed by atoms with E-state index in [0.29, 0.717) is 5.57 Å². The molecule has 0 aliphatic heterocycles. The van der Waals surface area contributed by atoms with Crippen molar-refractivity contribution in [3.05, 3.63) is 12.2 Å². The van der Waals surface area contributed by atoms with E-state index in [-0.39, 0.29) is 32.7 Å². The Bertz CT molecular complexity index is 80.0. The van der Waals surface area contributed by atoms with Crippen molar-refractivity contribution in [3.63, 3.8) is 0 Å². The van der Waals surface area contributed by atoms with Crippen LogP contribution in [-0.4, -0.2) is 0 Å². The number of allylic oxidation sites excluding steroid dienone is 1. The van der Waals surface area contributed by atoms with Gasteiger partial charge in [0, 0.05) is 32.7 Å². The van der Waals surface area contributed by atoms with Crippen molar-refractivity contribution < 1.29 is 32.7 Å². The van der Waals surface area contributed by atoms with Gasteiger partial charge in [-0.2, -0.15) is 5.57 Å². The molecule has 0 heterocycles. The van der Waals surface area contributed by atoms with Gasteiger partial charge in [0.05, 0.1) is 0 Å². The summed E-state index contributed by atoms with van der Waals surface area (Å²) in [5.41, 5.74) is 0.310. The summed E-state index contributed by atoms with van der Waals surface area (Å²) in [5, 5.41) is 7.73. The van der Waals surface area contributed by atoms with Crippen LogP contribution < -0.4 is 0 Å². The summed E-state index contributed by atoms with van der Waals surface area (Å²) in [4.78, 5) is 0. The molecule has 0 bridgehead atoms. The minimum Gasteiger partial charge on any atom is -0.329 e. The molecule has 0 aromatic rings. The molecule has 0 rings (SSSR count). The molecule has 0 aliphatic carbocycles. The van der Waals surface area contributed by atoms with Crippen LogP contribution in [0.3, 0.4) is 0 Å². The second kappa shape index (κ2) is 5.33. The molecule has 2 heteroatoms. The van der Waals surface area contributed by atoms with Gasteiger partial charge in [-0.3, -0.25) is 6.58 Å². The summed E-state index contributed by atoms with van der Waals surface area (Å²) in [7, 11) is 0. The summed E-state index contributed by atoms with van der Waals surface area (Å²) < 4.78 is 0. The smallest absolute Gasteiger partial charge is 0 e. The van der Waals surface area contributed by atoms with Crippen LogP contribution in [0.2, 0.25) is 0 Å². The van der Waals surface area contributed by atoms with Crippen LogP contribution in [0.25, 0.3) is 0 Å². The molecule has 0 aromatic heterocycles. The Morgan fingerprint density at radius 3 is 2.00 bits per heavy atom. The number of hydrogen-bond donors (Lipinski definition) is 0. The van der Waals surface area contributed by atoms with Gasteiger partial charge < -0.3 is 5.26 Å². The Kier molecular flexibility index (Phi) is 8.53. The topological polar surface area (TPSA) is 23.8 Å². The summed E-state index contributed by atoms with van der Waals surface area (Å²) in [6, 6.07) is 1.72. The molecular formula is C4H4NY-. The molecule has 0 N–H and O–H groups in total. The van der Waals surface area contributed by atoms with Crippen molar-refractivity contribution in [2.24, 2.45) is 0 Å². The van der Waals surface area contributed by atoms with E-state index < -0.39 is 0 Å². The standard InChI is InChI=1S/C4H4N.Y/c1-4(2)3-5;/h1H,2H3;/q-1;. The fraction of sp³-hybridized carbons (Fsp3) is 0.250. The Hall–Kier alpha value is 0.334. The largest absolute Gasteiger partial charge is 0.329 e.